The molecule has 0 fully saturated rings. The molecule has 0 aliphatic rings. The Hall–Kier alpha value is -5.44. The van der Waals surface area contributed by atoms with Crippen LogP contribution in [-0.2, 0) is 25.7 Å². The number of aliphatic carboxylic acids is 2. The second-order valence-corrected chi connectivity index (χ2v) is 10.3. The lowest BCUT2D eigenvalue weighted by Crippen LogP contribution is -2.44. The summed E-state index contributed by atoms with van der Waals surface area (Å²) >= 11 is 0. The fourth-order valence-corrected chi connectivity index (χ4v) is 4.56. The highest BCUT2D eigenvalue weighted by Gasteiger charge is 2.22. The minimum absolute atomic E-state index is 0.0528. The highest BCUT2D eigenvalue weighted by atomic mass is 19.1. The molecule has 3 aromatic heterocycles. The average molecular weight is 621 g/mol. The summed E-state index contributed by atoms with van der Waals surface area (Å²) in [6, 6.07) is 8.02. The fraction of sp³-hybridized carbons (Fsp3) is 0.300. The predicted octanol–water partition coefficient (Wildman–Crippen LogP) is 2.11. The molecule has 0 bridgehead atoms. The van der Waals surface area contributed by atoms with Gasteiger partial charge in [0.15, 0.2) is 0 Å². The van der Waals surface area contributed by atoms with Crippen LogP contribution in [0.1, 0.15) is 31.4 Å². The molecule has 0 spiro atoms. The third-order valence-corrected chi connectivity index (χ3v) is 6.94. The molecule has 4 aromatic rings. The van der Waals surface area contributed by atoms with Crippen LogP contribution in [0.25, 0.3) is 33.6 Å². The number of benzene rings is 1. The summed E-state index contributed by atoms with van der Waals surface area (Å²) in [5.74, 6) is -4.15. The summed E-state index contributed by atoms with van der Waals surface area (Å²) in [5, 5.41) is 34.2. The first-order valence-corrected chi connectivity index (χ1v) is 14.1. The second kappa shape index (κ2) is 14.8. The van der Waals surface area contributed by atoms with Gasteiger partial charge in [-0.05, 0) is 49.6 Å². The maximum Gasteiger partial charge on any atom is 0.326 e. The van der Waals surface area contributed by atoms with Gasteiger partial charge in [0.05, 0.1) is 36.4 Å². The first kappa shape index (κ1) is 32.5. The van der Waals surface area contributed by atoms with E-state index < -0.39 is 48.1 Å². The highest BCUT2D eigenvalue weighted by molar-refractivity contribution is 5.86. The summed E-state index contributed by atoms with van der Waals surface area (Å²) in [5.41, 5.74) is 10.5. The van der Waals surface area contributed by atoms with Crippen LogP contribution in [0.4, 0.5) is 4.39 Å². The number of carbonyl (C=O) groups excluding carboxylic acids is 2. The molecule has 2 atom stereocenters. The number of aromatic amines is 1. The van der Waals surface area contributed by atoms with E-state index in [-0.39, 0.29) is 32.4 Å². The van der Waals surface area contributed by atoms with Gasteiger partial charge in [-0.25, -0.2) is 9.18 Å². The Bertz CT molecular complexity index is 1690. The molecule has 15 heteroatoms. The maximum absolute atomic E-state index is 14.9. The smallest absolute Gasteiger partial charge is 0.326 e. The zero-order valence-electron chi connectivity index (χ0n) is 24.4. The van der Waals surface area contributed by atoms with Crippen molar-refractivity contribution in [2.75, 3.05) is 6.54 Å². The topological polar surface area (TPSA) is 218 Å². The largest absolute Gasteiger partial charge is 0.481 e. The Kier molecular flexibility index (Phi) is 10.7. The van der Waals surface area contributed by atoms with Crippen LogP contribution >= 0.6 is 0 Å². The average Bonchev–Trinajstić information content (AvgIpc) is 3.68. The van der Waals surface area contributed by atoms with Crippen molar-refractivity contribution in [3.05, 3.63) is 66.5 Å². The van der Waals surface area contributed by atoms with Gasteiger partial charge in [-0.3, -0.25) is 29.1 Å². The number of aromatic nitrogens is 5. The number of pyridine rings is 1. The molecule has 45 heavy (non-hydrogen) atoms. The summed E-state index contributed by atoms with van der Waals surface area (Å²) in [4.78, 5) is 51.0. The van der Waals surface area contributed by atoms with Crippen LogP contribution in [0, 0.1) is 12.7 Å². The van der Waals surface area contributed by atoms with Gasteiger partial charge in [0, 0.05) is 48.0 Å². The molecular formula is C30H33FN8O6. The molecule has 0 saturated heterocycles. The second-order valence-electron chi connectivity index (χ2n) is 10.3. The number of aryl methyl sites for hydroxylation is 1. The van der Waals surface area contributed by atoms with Crippen molar-refractivity contribution in [1.29, 1.82) is 0 Å². The number of carboxylic acid groups (broad SMARTS) is 2. The van der Waals surface area contributed by atoms with Gasteiger partial charge >= 0.3 is 11.9 Å². The number of rotatable bonds is 15. The number of halogens is 1. The van der Waals surface area contributed by atoms with Crippen LogP contribution in [0.3, 0.4) is 0 Å². The molecule has 14 nitrogen and oxygen atoms in total. The lowest BCUT2D eigenvalue weighted by atomic mass is 9.99. The van der Waals surface area contributed by atoms with E-state index in [0.717, 1.165) is 16.8 Å². The van der Waals surface area contributed by atoms with Crippen molar-refractivity contribution < 1.29 is 33.8 Å². The molecule has 0 saturated carbocycles. The van der Waals surface area contributed by atoms with Gasteiger partial charge in [-0.15, -0.1) is 0 Å². The Morgan fingerprint density at radius 2 is 1.84 bits per heavy atom. The van der Waals surface area contributed by atoms with Crippen molar-refractivity contribution >= 4 is 23.8 Å². The van der Waals surface area contributed by atoms with Crippen molar-refractivity contribution in [3.8, 4) is 33.6 Å². The van der Waals surface area contributed by atoms with Crippen molar-refractivity contribution in [1.82, 2.24) is 35.6 Å². The number of H-pyrrole nitrogens is 1. The third kappa shape index (κ3) is 8.79. The maximum atomic E-state index is 14.9. The lowest BCUT2D eigenvalue weighted by Gasteiger charge is -2.15. The van der Waals surface area contributed by atoms with Crippen LogP contribution in [0.2, 0.25) is 0 Å². The number of nitrogens with two attached hydrogens (primary N) is 1. The molecule has 0 aliphatic heterocycles. The molecular weight excluding hydrogens is 587 g/mol. The minimum atomic E-state index is -1.35. The summed E-state index contributed by atoms with van der Waals surface area (Å²) in [6.45, 7) is 2.30. The van der Waals surface area contributed by atoms with E-state index in [1.54, 1.807) is 29.2 Å². The quantitative estimate of drug-likeness (QED) is 0.114. The number of nitrogens with zero attached hydrogens (tertiary/aromatic N) is 4. The molecule has 0 aliphatic carbocycles. The van der Waals surface area contributed by atoms with Gasteiger partial charge in [-0.2, -0.15) is 10.2 Å². The van der Waals surface area contributed by atoms with Gasteiger partial charge in [-0.1, -0.05) is 12.1 Å². The number of nitrogens with one attached hydrogen (secondary N) is 3. The zero-order chi connectivity index (χ0) is 32.5. The first-order chi connectivity index (χ1) is 21.5. The fourth-order valence-electron chi connectivity index (χ4n) is 4.56. The Morgan fingerprint density at radius 1 is 1.04 bits per heavy atom. The Labute approximate surface area is 256 Å². The molecule has 7 N–H and O–H groups in total. The van der Waals surface area contributed by atoms with Crippen molar-refractivity contribution in [2.45, 2.75) is 51.2 Å². The predicted molar refractivity (Wildman–Crippen MR) is 160 cm³/mol. The van der Waals surface area contributed by atoms with Crippen LogP contribution in [0.15, 0.2) is 55.0 Å². The van der Waals surface area contributed by atoms with E-state index >= 15 is 0 Å². The van der Waals surface area contributed by atoms with Crippen molar-refractivity contribution in [2.24, 2.45) is 5.73 Å². The highest BCUT2D eigenvalue weighted by Crippen LogP contribution is 2.33. The molecule has 1 aromatic carbocycles. The lowest BCUT2D eigenvalue weighted by molar-refractivity contribution is -0.143. The van der Waals surface area contributed by atoms with Gasteiger partial charge in [0.1, 0.15) is 11.9 Å². The van der Waals surface area contributed by atoms with Crippen LogP contribution < -0.4 is 16.4 Å². The van der Waals surface area contributed by atoms with Crippen LogP contribution in [0.5, 0.6) is 0 Å². The van der Waals surface area contributed by atoms with E-state index in [0.29, 0.717) is 22.5 Å². The van der Waals surface area contributed by atoms with Gasteiger partial charge in [0.25, 0.3) is 0 Å². The number of carboxylic acids is 2. The molecule has 2 amide bonds. The van der Waals surface area contributed by atoms with Gasteiger partial charge in [0.2, 0.25) is 11.8 Å². The van der Waals surface area contributed by atoms with E-state index in [4.69, 9.17) is 15.9 Å². The normalized spacial score (nSPS) is 12.3. The molecule has 4 rings (SSSR count). The van der Waals surface area contributed by atoms with E-state index in [2.05, 4.69) is 30.9 Å². The van der Waals surface area contributed by atoms with E-state index in [1.807, 2.05) is 25.1 Å². The summed E-state index contributed by atoms with van der Waals surface area (Å²) in [6.07, 6.45) is 3.87. The summed E-state index contributed by atoms with van der Waals surface area (Å²) in [7, 11) is 0. The number of hydrogen-bond acceptors (Lipinski definition) is 8. The van der Waals surface area contributed by atoms with E-state index in [9.17, 15) is 23.6 Å². The monoisotopic (exact) mass is 620 g/mol. The zero-order valence-corrected chi connectivity index (χ0v) is 24.4. The minimum Gasteiger partial charge on any atom is -0.481 e. The summed E-state index contributed by atoms with van der Waals surface area (Å²) < 4.78 is 16.5. The number of carbonyl (C=O) groups is 4. The standard InChI is InChI=1S/C30H33FN8O6/c1-17-3-2-4-24(36-17)28-21(15-34-38-28)18-5-6-22(31)20(13-18)19-14-35-39(16-19)12-11-33-29(43)23(32)7-9-26(40)37-25(30(44)45)8-10-27(41)42/h2-6,13-16,23,25H,7-12,32H2,1H3,(H,33,43)(H,34,38)(H,37,40)(H,41,42)(H,44,45)/t23-,25-/m1/s1. The number of hydrogen-bond donors (Lipinski definition) is 6. The Balaban J connectivity index is 1.30. The van der Waals surface area contributed by atoms with Crippen LogP contribution in [-0.4, -0.2) is 77.6 Å². The van der Waals surface area contributed by atoms with E-state index in [1.165, 1.54) is 12.3 Å². The first-order valence-electron chi connectivity index (χ1n) is 14.1. The van der Waals surface area contributed by atoms with Gasteiger partial charge < -0.3 is 26.6 Å². The van der Waals surface area contributed by atoms with Crippen molar-refractivity contribution in [3.63, 3.8) is 0 Å². The SMILES string of the molecule is Cc1cccc(-c2[nH]ncc2-c2ccc(F)c(-c3cnn(CCNC(=O)[C@H](N)CCC(=O)N[C@H](CCC(=O)O)C(=O)O)c3)c2)n1. The number of amides is 2. The molecule has 0 unspecified atom stereocenters. The molecule has 0 radical (unpaired) electrons. The molecule has 236 valence electrons. The molecule has 3 heterocycles. The Morgan fingerprint density at radius 3 is 2.58 bits per heavy atom. The third-order valence-electron chi connectivity index (χ3n) is 6.94.